The largest absolute Gasteiger partial charge is 0.379 e. The van der Waals surface area contributed by atoms with Crippen molar-refractivity contribution in [3.05, 3.63) is 0 Å². The van der Waals surface area contributed by atoms with Crippen molar-refractivity contribution in [1.82, 2.24) is 10.2 Å². The molecule has 1 atom stereocenters. The Morgan fingerprint density at radius 1 is 1.31 bits per heavy atom. The van der Waals surface area contributed by atoms with Crippen molar-refractivity contribution in [1.29, 1.82) is 0 Å². The molecule has 0 aromatic heterocycles. The molecule has 0 aliphatic carbocycles. The molecule has 2 saturated heterocycles. The molecule has 5 heteroatoms. The summed E-state index contributed by atoms with van der Waals surface area (Å²) in [6.45, 7) is 2.62. The van der Waals surface area contributed by atoms with Crippen LogP contribution in [-0.4, -0.2) is 56.3 Å². The molecule has 0 bridgehead atoms. The van der Waals surface area contributed by atoms with Crippen LogP contribution in [0.25, 0.3) is 0 Å². The van der Waals surface area contributed by atoms with E-state index < -0.39 is 12.0 Å². The molecule has 0 saturated carbocycles. The molecule has 2 aliphatic heterocycles. The average Bonchev–Trinajstić information content (AvgIpc) is 2.47. The third-order valence-electron chi connectivity index (χ3n) is 2.67. The van der Waals surface area contributed by atoms with Crippen LogP contribution in [0.3, 0.4) is 0 Å². The molecule has 2 fully saturated rings. The number of nitrogens with one attached hydrogen (secondary N) is 1. The maximum atomic E-state index is 13.2. The Hall–Kier alpha value is -0.260. The predicted octanol–water partition coefficient (Wildman–Crippen LogP) is -0.0743. The van der Waals surface area contributed by atoms with Crippen molar-refractivity contribution in [2.24, 2.45) is 0 Å². The van der Waals surface area contributed by atoms with E-state index >= 15 is 0 Å². The molecule has 1 unspecified atom stereocenters. The van der Waals surface area contributed by atoms with Crippen LogP contribution in [-0.2, 0) is 4.74 Å². The van der Waals surface area contributed by atoms with Gasteiger partial charge in [-0.05, 0) is 0 Å². The van der Waals surface area contributed by atoms with Crippen molar-refractivity contribution >= 4 is 0 Å². The number of ether oxygens (including phenoxy) is 1. The zero-order valence-corrected chi connectivity index (χ0v) is 7.43. The normalized spacial score (nSPS) is 35.1. The molecule has 0 amide bonds. The van der Waals surface area contributed by atoms with Gasteiger partial charge < -0.3 is 10.1 Å². The van der Waals surface area contributed by atoms with Gasteiger partial charge in [-0.1, -0.05) is 0 Å². The Balaban J connectivity index is 1.98. The number of hydrogen-bond acceptors (Lipinski definition) is 3. The van der Waals surface area contributed by atoms with Gasteiger partial charge >= 0.3 is 0 Å². The van der Waals surface area contributed by atoms with Gasteiger partial charge in [0.25, 0.3) is 5.92 Å². The van der Waals surface area contributed by atoms with Gasteiger partial charge in [0, 0.05) is 19.6 Å². The molecule has 0 aromatic rings. The molecular weight excluding hydrogens is 178 g/mol. The highest BCUT2D eigenvalue weighted by Gasteiger charge is 2.47. The highest BCUT2D eigenvalue weighted by atomic mass is 19.3. The van der Waals surface area contributed by atoms with E-state index in [4.69, 9.17) is 4.74 Å². The monoisotopic (exact) mass is 192 g/mol. The van der Waals surface area contributed by atoms with Crippen molar-refractivity contribution in [3.8, 4) is 0 Å². The molecule has 2 aliphatic rings. The summed E-state index contributed by atoms with van der Waals surface area (Å²) in [7, 11) is 0. The molecule has 2 heterocycles. The summed E-state index contributed by atoms with van der Waals surface area (Å²) in [6.07, 6.45) is 0. The molecule has 1 N–H and O–H groups in total. The smallest absolute Gasteiger partial charge is 0.276 e. The van der Waals surface area contributed by atoms with Crippen LogP contribution in [0, 0.1) is 0 Å². The zero-order chi connectivity index (χ0) is 9.31. The summed E-state index contributed by atoms with van der Waals surface area (Å²) in [5.41, 5.74) is 0. The molecular formula is C8H14F2N2O. The van der Waals surface area contributed by atoms with E-state index in [2.05, 4.69) is 5.32 Å². The van der Waals surface area contributed by atoms with Gasteiger partial charge in [0.05, 0.1) is 25.8 Å². The lowest BCUT2D eigenvalue weighted by atomic mass is 10.1. The SMILES string of the molecule is FC1(F)CNCC1N1CCOCC1. The van der Waals surface area contributed by atoms with E-state index in [-0.39, 0.29) is 6.54 Å². The first-order valence-electron chi connectivity index (χ1n) is 4.60. The second kappa shape index (κ2) is 3.48. The van der Waals surface area contributed by atoms with E-state index in [0.29, 0.717) is 32.8 Å². The van der Waals surface area contributed by atoms with Gasteiger partial charge in [-0.2, -0.15) is 0 Å². The average molecular weight is 192 g/mol. The van der Waals surface area contributed by atoms with Crippen LogP contribution in [0.1, 0.15) is 0 Å². The third-order valence-corrected chi connectivity index (χ3v) is 2.67. The van der Waals surface area contributed by atoms with Crippen LogP contribution < -0.4 is 5.32 Å². The molecule has 0 aromatic carbocycles. The van der Waals surface area contributed by atoms with Gasteiger partial charge in [0.15, 0.2) is 0 Å². The first-order valence-corrected chi connectivity index (χ1v) is 4.60. The fraction of sp³-hybridized carbons (Fsp3) is 1.00. The van der Waals surface area contributed by atoms with E-state index in [1.54, 1.807) is 0 Å². The van der Waals surface area contributed by atoms with Crippen molar-refractivity contribution in [2.75, 3.05) is 39.4 Å². The van der Waals surface area contributed by atoms with Crippen LogP contribution in [0.15, 0.2) is 0 Å². The first-order chi connectivity index (χ1) is 6.20. The maximum absolute atomic E-state index is 13.2. The van der Waals surface area contributed by atoms with E-state index in [1.807, 2.05) is 4.90 Å². The Morgan fingerprint density at radius 2 is 2.00 bits per heavy atom. The van der Waals surface area contributed by atoms with Crippen molar-refractivity contribution < 1.29 is 13.5 Å². The molecule has 0 spiro atoms. The maximum Gasteiger partial charge on any atom is 0.276 e. The highest BCUT2D eigenvalue weighted by molar-refractivity contribution is 4.95. The van der Waals surface area contributed by atoms with E-state index in [0.717, 1.165) is 0 Å². The Bertz CT molecular complexity index is 183. The number of morpholine rings is 1. The number of nitrogens with zero attached hydrogens (tertiary/aromatic N) is 1. The van der Waals surface area contributed by atoms with Crippen molar-refractivity contribution in [2.45, 2.75) is 12.0 Å². The molecule has 13 heavy (non-hydrogen) atoms. The second-order valence-electron chi connectivity index (χ2n) is 3.56. The summed E-state index contributed by atoms with van der Waals surface area (Å²) in [5, 5.41) is 2.73. The number of rotatable bonds is 1. The van der Waals surface area contributed by atoms with Gasteiger partial charge in [0.1, 0.15) is 0 Å². The number of alkyl halides is 2. The fourth-order valence-electron chi connectivity index (χ4n) is 1.93. The van der Waals surface area contributed by atoms with Crippen LogP contribution in [0.4, 0.5) is 8.78 Å². The molecule has 2 rings (SSSR count). The lowest BCUT2D eigenvalue weighted by molar-refractivity contribution is -0.0751. The molecule has 76 valence electrons. The summed E-state index contributed by atoms with van der Waals surface area (Å²) in [5.74, 6) is -2.57. The van der Waals surface area contributed by atoms with Crippen molar-refractivity contribution in [3.63, 3.8) is 0 Å². The lowest BCUT2D eigenvalue weighted by Gasteiger charge is -2.34. The second-order valence-corrected chi connectivity index (χ2v) is 3.56. The highest BCUT2D eigenvalue weighted by Crippen LogP contribution is 2.26. The van der Waals surface area contributed by atoms with Gasteiger partial charge in [0.2, 0.25) is 0 Å². The minimum Gasteiger partial charge on any atom is -0.379 e. The summed E-state index contributed by atoms with van der Waals surface area (Å²) in [6, 6.07) is -0.628. The van der Waals surface area contributed by atoms with E-state index in [9.17, 15) is 8.78 Å². The Kier molecular flexibility index (Phi) is 2.49. The molecule has 3 nitrogen and oxygen atoms in total. The minimum atomic E-state index is -2.57. The Labute approximate surface area is 76.0 Å². The fourth-order valence-corrected chi connectivity index (χ4v) is 1.93. The van der Waals surface area contributed by atoms with Crippen LogP contribution in [0.2, 0.25) is 0 Å². The molecule has 0 radical (unpaired) electrons. The quantitative estimate of drug-likeness (QED) is 0.629. The topological polar surface area (TPSA) is 24.5 Å². The standard InChI is InChI=1S/C8H14F2N2O/c9-8(10)6-11-5-7(8)12-1-3-13-4-2-12/h7,11H,1-6H2. The first kappa shape index (κ1) is 9.30. The van der Waals surface area contributed by atoms with E-state index in [1.165, 1.54) is 0 Å². The van der Waals surface area contributed by atoms with Gasteiger partial charge in [-0.3, -0.25) is 4.90 Å². The lowest BCUT2D eigenvalue weighted by Crippen LogP contribution is -2.51. The minimum absolute atomic E-state index is 0.185. The summed E-state index contributed by atoms with van der Waals surface area (Å²) in [4.78, 5) is 1.82. The predicted molar refractivity (Wildman–Crippen MR) is 44.0 cm³/mol. The summed E-state index contributed by atoms with van der Waals surface area (Å²) >= 11 is 0. The number of hydrogen-bond donors (Lipinski definition) is 1. The third kappa shape index (κ3) is 1.82. The van der Waals surface area contributed by atoms with Gasteiger partial charge in [-0.15, -0.1) is 0 Å². The van der Waals surface area contributed by atoms with Gasteiger partial charge in [-0.25, -0.2) is 8.78 Å². The van der Waals surface area contributed by atoms with Crippen LogP contribution in [0.5, 0.6) is 0 Å². The number of halogens is 2. The summed E-state index contributed by atoms with van der Waals surface area (Å²) < 4.78 is 31.6. The Morgan fingerprint density at radius 3 is 2.54 bits per heavy atom. The van der Waals surface area contributed by atoms with Crippen LogP contribution >= 0.6 is 0 Å². The zero-order valence-electron chi connectivity index (χ0n) is 7.43.